The predicted octanol–water partition coefficient (Wildman–Crippen LogP) is 5.83. The van der Waals surface area contributed by atoms with E-state index in [-0.39, 0.29) is 11.9 Å². The number of anilines is 1. The lowest BCUT2D eigenvalue weighted by Gasteiger charge is -2.40. The third-order valence-corrected chi connectivity index (χ3v) is 7.59. The molecule has 1 aliphatic carbocycles. The molecular weight excluding hydrogens is 431 g/mol. The number of benzene rings is 1. The number of carbonyl (C=O) groups excluding carboxylic acids is 1. The molecule has 5 nitrogen and oxygen atoms in total. The number of aromatic nitrogens is 2. The van der Waals surface area contributed by atoms with Crippen molar-refractivity contribution in [3.05, 3.63) is 57.8 Å². The second kappa shape index (κ2) is 8.87. The standard InChI is InChI=1S/C24H28Cl2N4O/c25-20-10-9-17(15-21(20)26)23-19(24(31)28-13-5-2-6-14-28)16-29(18-7-3-1-4-8-18)22-11-12-27-30(22)23/h9-12,15-16,18,23H,1-8,13-14H2/t23-/m0/s1. The molecule has 7 heteroatoms. The molecule has 31 heavy (non-hydrogen) atoms. The molecule has 5 rings (SSSR count). The van der Waals surface area contributed by atoms with E-state index in [1.54, 1.807) is 6.07 Å². The lowest BCUT2D eigenvalue weighted by atomic mass is 9.92. The number of rotatable bonds is 3. The lowest BCUT2D eigenvalue weighted by Crippen LogP contribution is -2.43. The van der Waals surface area contributed by atoms with Gasteiger partial charge in [-0.25, -0.2) is 4.68 Å². The van der Waals surface area contributed by atoms with Crippen LogP contribution in [0.25, 0.3) is 0 Å². The second-order valence-electron chi connectivity index (χ2n) is 8.85. The Morgan fingerprint density at radius 3 is 2.42 bits per heavy atom. The van der Waals surface area contributed by atoms with Gasteiger partial charge in [0.25, 0.3) is 5.91 Å². The Labute approximate surface area is 193 Å². The Kier molecular flexibility index (Phi) is 5.98. The average Bonchev–Trinajstić information content (AvgIpc) is 3.30. The van der Waals surface area contributed by atoms with Crippen molar-refractivity contribution >= 4 is 34.9 Å². The molecule has 1 aromatic heterocycles. The Morgan fingerprint density at radius 1 is 0.935 bits per heavy atom. The van der Waals surface area contributed by atoms with Gasteiger partial charge < -0.3 is 9.80 Å². The van der Waals surface area contributed by atoms with E-state index in [4.69, 9.17) is 23.2 Å². The van der Waals surface area contributed by atoms with Gasteiger partial charge in [0.1, 0.15) is 11.9 Å². The van der Waals surface area contributed by atoms with Crippen LogP contribution in [0.4, 0.5) is 5.82 Å². The number of likely N-dealkylation sites (tertiary alicyclic amines) is 1. The molecule has 0 unspecified atom stereocenters. The highest BCUT2D eigenvalue weighted by atomic mass is 35.5. The van der Waals surface area contributed by atoms with Crippen molar-refractivity contribution in [3.8, 4) is 0 Å². The van der Waals surface area contributed by atoms with Crippen LogP contribution in [-0.4, -0.2) is 39.7 Å². The largest absolute Gasteiger partial charge is 0.339 e. The molecule has 1 aromatic carbocycles. The van der Waals surface area contributed by atoms with Crippen LogP contribution >= 0.6 is 23.2 Å². The maximum absolute atomic E-state index is 13.8. The minimum absolute atomic E-state index is 0.109. The zero-order valence-corrected chi connectivity index (χ0v) is 19.2. The van der Waals surface area contributed by atoms with Gasteiger partial charge in [-0.2, -0.15) is 5.10 Å². The van der Waals surface area contributed by atoms with Crippen molar-refractivity contribution in [1.82, 2.24) is 14.7 Å². The number of fused-ring (bicyclic) bond motifs is 1. The van der Waals surface area contributed by atoms with E-state index < -0.39 is 0 Å². The van der Waals surface area contributed by atoms with E-state index in [1.165, 1.54) is 25.7 Å². The summed E-state index contributed by atoms with van der Waals surface area (Å²) >= 11 is 12.6. The van der Waals surface area contributed by atoms with Crippen molar-refractivity contribution in [1.29, 1.82) is 0 Å². The van der Waals surface area contributed by atoms with E-state index in [1.807, 2.05) is 27.9 Å². The number of amides is 1. The van der Waals surface area contributed by atoms with Crippen LogP contribution in [-0.2, 0) is 4.79 Å². The average molecular weight is 459 g/mol. The quantitative estimate of drug-likeness (QED) is 0.580. The smallest absolute Gasteiger partial charge is 0.253 e. The normalized spacial score (nSPS) is 22.3. The third kappa shape index (κ3) is 3.98. The SMILES string of the molecule is O=C(C1=CN(C2CCCCC2)c2ccnn2[C@H]1c1ccc(Cl)c(Cl)c1)N1CCCCC1. The predicted molar refractivity (Wildman–Crippen MR) is 125 cm³/mol. The van der Waals surface area contributed by atoms with Crippen LogP contribution in [0.3, 0.4) is 0 Å². The number of piperidine rings is 1. The highest BCUT2D eigenvalue weighted by molar-refractivity contribution is 6.42. The first kappa shape index (κ1) is 20.9. The molecule has 2 aliphatic heterocycles. The number of hydrogen-bond donors (Lipinski definition) is 0. The van der Waals surface area contributed by atoms with Gasteiger partial charge in [0.05, 0.1) is 21.8 Å². The van der Waals surface area contributed by atoms with E-state index >= 15 is 0 Å². The first-order chi connectivity index (χ1) is 15.1. The fraction of sp³-hybridized carbons (Fsp3) is 0.500. The molecule has 1 saturated heterocycles. The topological polar surface area (TPSA) is 41.4 Å². The zero-order valence-electron chi connectivity index (χ0n) is 17.6. The summed E-state index contributed by atoms with van der Waals surface area (Å²) in [5, 5.41) is 5.68. The van der Waals surface area contributed by atoms with E-state index in [0.717, 1.165) is 55.7 Å². The molecule has 0 N–H and O–H groups in total. The summed E-state index contributed by atoms with van der Waals surface area (Å²) in [6.45, 7) is 1.64. The van der Waals surface area contributed by atoms with Crippen molar-refractivity contribution in [2.24, 2.45) is 0 Å². The van der Waals surface area contributed by atoms with Crippen LogP contribution in [0.15, 0.2) is 42.2 Å². The lowest BCUT2D eigenvalue weighted by molar-refractivity contribution is -0.128. The molecule has 0 radical (unpaired) electrons. The first-order valence-electron chi connectivity index (χ1n) is 11.4. The Bertz CT molecular complexity index is 989. The summed E-state index contributed by atoms with van der Waals surface area (Å²) in [6.07, 6.45) is 13.3. The monoisotopic (exact) mass is 458 g/mol. The summed E-state index contributed by atoms with van der Waals surface area (Å²) in [6, 6.07) is 7.78. The van der Waals surface area contributed by atoms with E-state index in [9.17, 15) is 4.79 Å². The van der Waals surface area contributed by atoms with E-state index in [0.29, 0.717) is 16.1 Å². The van der Waals surface area contributed by atoms with Crippen molar-refractivity contribution in [3.63, 3.8) is 0 Å². The highest BCUT2D eigenvalue weighted by Gasteiger charge is 2.37. The third-order valence-electron chi connectivity index (χ3n) is 6.85. The summed E-state index contributed by atoms with van der Waals surface area (Å²) in [4.78, 5) is 18.1. The maximum atomic E-state index is 13.8. The molecule has 1 saturated carbocycles. The minimum atomic E-state index is -0.311. The van der Waals surface area contributed by atoms with Gasteiger partial charge in [0, 0.05) is 31.4 Å². The van der Waals surface area contributed by atoms with Gasteiger partial charge in [-0.15, -0.1) is 0 Å². The molecule has 164 valence electrons. The molecule has 3 heterocycles. The molecule has 2 aromatic rings. The molecule has 3 aliphatic rings. The molecular formula is C24H28Cl2N4O. The van der Waals surface area contributed by atoms with Crippen molar-refractivity contribution in [2.75, 3.05) is 18.0 Å². The summed E-state index contributed by atoms with van der Waals surface area (Å²) < 4.78 is 1.99. The van der Waals surface area contributed by atoms with Crippen molar-refractivity contribution in [2.45, 2.75) is 63.5 Å². The molecule has 1 atom stereocenters. The van der Waals surface area contributed by atoms with Gasteiger partial charge in [-0.1, -0.05) is 48.5 Å². The van der Waals surface area contributed by atoms with Crippen LogP contribution < -0.4 is 4.90 Å². The maximum Gasteiger partial charge on any atom is 0.253 e. The minimum Gasteiger partial charge on any atom is -0.339 e. The first-order valence-corrected chi connectivity index (χ1v) is 12.2. The van der Waals surface area contributed by atoms with Gasteiger partial charge >= 0.3 is 0 Å². The molecule has 0 bridgehead atoms. The number of carbonyl (C=O) groups is 1. The molecule has 2 fully saturated rings. The van der Waals surface area contributed by atoms with Gasteiger partial charge in [0.15, 0.2) is 0 Å². The number of nitrogens with zero attached hydrogens (tertiary/aromatic N) is 4. The fourth-order valence-electron chi connectivity index (χ4n) is 5.24. The van der Waals surface area contributed by atoms with Crippen LogP contribution in [0.5, 0.6) is 0 Å². The van der Waals surface area contributed by atoms with Gasteiger partial charge in [0.2, 0.25) is 0 Å². The fourth-order valence-corrected chi connectivity index (χ4v) is 5.54. The zero-order chi connectivity index (χ0) is 21.4. The van der Waals surface area contributed by atoms with Crippen LogP contribution in [0.2, 0.25) is 10.0 Å². The second-order valence-corrected chi connectivity index (χ2v) is 9.66. The van der Waals surface area contributed by atoms with Gasteiger partial charge in [-0.3, -0.25) is 4.79 Å². The Morgan fingerprint density at radius 2 is 1.68 bits per heavy atom. The molecule has 1 amide bonds. The summed E-state index contributed by atoms with van der Waals surface area (Å²) in [5.41, 5.74) is 1.70. The Hall–Kier alpha value is -1.98. The number of halogens is 2. The summed E-state index contributed by atoms with van der Waals surface area (Å²) in [5.74, 6) is 1.15. The highest BCUT2D eigenvalue weighted by Crippen LogP contribution is 2.40. The van der Waals surface area contributed by atoms with Crippen LogP contribution in [0, 0.1) is 0 Å². The van der Waals surface area contributed by atoms with Crippen molar-refractivity contribution < 1.29 is 4.79 Å². The molecule has 0 spiro atoms. The Balaban J connectivity index is 1.60. The van der Waals surface area contributed by atoms with Crippen LogP contribution in [0.1, 0.15) is 63.0 Å². The summed E-state index contributed by atoms with van der Waals surface area (Å²) in [7, 11) is 0. The number of hydrogen-bond acceptors (Lipinski definition) is 3. The van der Waals surface area contributed by atoms with E-state index in [2.05, 4.69) is 22.3 Å². The van der Waals surface area contributed by atoms with Gasteiger partial charge in [-0.05, 0) is 49.8 Å².